The average Bonchev–Trinajstić information content (AvgIpc) is 3.06. The maximum Gasteiger partial charge on any atom is 0.00106 e. The Hall–Kier alpha value is -1.22. The molecule has 0 atom stereocenters. The molecule has 148 valence electrons. The summed E-state index contributed by atoms with van der Waals surface area (Å²) in [5.41, 5.74) is 1.61. The van der Waals surface area contributed by atoms with Crippen molar-refractivity contribution in [2.24, 2.45) is 0 Å². The molecule has 0 bridgehead atoms. The molecule has 2 aromatic rings. The Morgan fingerprint density at radius 1 is 0.714 bits per heavy atom. The Morgan fingerprint density at radius 2 is 1.18 bits per heavy atom. The highest BCUT2D eigenvalue weighted by Gasteiger charge is 2.38. The summed E-state index contributed by atoms with van der Waals surface area (Å²) < 4.78 is 0. The molecule has 0 fully saturated rings. The smallest absolute Gasteiger partial charge is 0.00106 e. The molecule has 0 aliphatic heterocycles. The summed E-state index contributed by atoms with van der Waals surface area (Å²) in [6.07, 6.45) is 7.13. The van der Waals surface area contributed by atoms with Crippen molar-refractivity contribution in [1.82, 2.24) is 0 Å². The first-order valence-electron chi connectivity index (χ1n) is 10.2. The average molecular weight is 409 g/mol. The van der Waals surface area contributed by atoms with Gasteiger partial charge in [0.2, 0.25) is 0 Å². The number of rotatable bonds is 5. The van der Waals surface area contributed by atoms with E-state index in [9.17, 15) is 0 Å². The predicted octanol–water partition coefficient (Wildman–Crippen LogP) is 7.41. The molecule has 0 unspecified atom stereocenters. The van der Waals surface area contributed by atoms with E-state index in [-0.39, 0.29) is 15.8 Å². The highest BCUT2D eigenvalue weighted by Crippen LogP contribution is 2.67. The maximum absolute atomic E-state index is 2.43. The molecule has 2 heteroatoms. The van der Waals surface area contributed by atoms with Gasteiger partial charge in [-0.2, -0.15) is 0 Å². The molecule has 0 nitrogen and oxygen atoms in total. The standard InChI is InChI=1S/C26H34P2/c1-25(2,3)28(26(4,5)6)24-19-13-14-21(24)20-27(22-15-9-7-10-16-22)23-17-11-8-12-18-23/h7-18H,19-20H2,1-6H3. The summed E-state index contributed by atoms with van der Waals surface area (Å²) in [6, 6.07) is 22.2. The second kappa shape index (κ2) is 8.65. The molecule has 0 aromatic heterocycles. The summed E-state index contributed by atoms with van der Waals surface area (Å²) in [5, 5.41) is 5.33. The van der Waals surface area contributed by atoms with E-state index in [1.165, 1.54) is 10.6 Å². The van der Waals surface area contributed by atoms with Gasteiger partial charge in [-0.05, 0) is 46.2 Å². The lowest BCUT2D eigenvalue weighted by molar-refractivity contribution is 0.709. The first-order valence-corrected chi connectivity index (χ1v) is 13.1. The zero-order chi connectivity index (χ0) is 20.4. The Bertz CT molecular complexity index is 780. The minimum Gasteiger partial charge on any atom is -0.0798 e. The maximum atomic E-state index is 2.43. The summed E-state index contributed by atoms with van der Waals surface area (Å²) in [7, 11) is -0.608. The van der Waals surface area contributed by atoms with Crippen LogP contribution in [0.5, 0.6) is 0 Å². The zero-order valence-electron chi connectivity index (χ0n) is 18.2. The number of benzene rings is 2. The van der Waals surface area contributed by atoms with E-state index in [0.717, 1.165) is 12.6 Å². The van der Waals surface area contributed by atoms with Gasteiger partial charge in [0, 0.05) is 6.16 Å². The van der Waals surface area contributed by atoms with Gasteiger partial charge in [-0.1, -0.05) is 122 Å². The van der Waals surface area contributed by atoms with E-state index in [0.29, 0.717) is 10.3 Å². The summed E-state index contributed by atoms with van der Waals surface area (Å²) >= 11 is 0. The van der Waals surface area contributed by atoms with Crippen molar-refractivity contribution in [2.75, 3.05) is 6.16 Å². The Balaban J connectivity index is 2.04. The van der Waals surface area contributed by atoms with E-state index < -0.39 is 0 Å². The third-order valence-electron chi connectivity index (χ3n) is 5.08. The van der Waals surface area contributed by atoms with Crippen LogP contribution in [0.4, 0.5) is 0 Å². The SMILES string of the molecule is CC(C)(C)P(C1=C(CP(c2ccccc2)c2ccccc2)C=CC1)C(C)(C)C. The van der Waals surface area contributed by atoms with E-state index >= 15 is 0 Å². The lowest BCUT2D eigenvalue weighted by atomic mass is 10.2. The van der Waals surface area contributed by atoms with Crippen LogP contribution in [0.2, 0.25) is 0 Å². The lowest BCUT2D eigenvalue weighted by Gasteiger charge is -2.43. The van der Waals surface area contributed by atoms with Crippen molar-refractivity contribution in [3.8, 4) is 0 Å². The highest BCUT2D eigenvalue weighted by molar-refractivity contribution is 7.73. The molecule has 0 N–H and O–H groups in total. The normalized spacial score (nSPS) is 15.1. The monoisotopic (exact) mass is 408 g/mol. The number of hydrogen-bond donors (Lipinski definition) is 0. The van der Waals surface area contributed by atoms with Crippen molar-refractivity contribution in [1.29, 1.82) is 0 Å². The fourth-order valence-corrected chi connectivity index (χ4v) is 11.3. The van der Waals surface area contributed by atoms with Crippen molar-refractivity contribution in [2.45, 2.75) is 58.3 Å². The van der Waals surface area contributed by atoms with Gasteiger partial charge in [-0.15, -0.1) is 0 Å². The first-order chi connectivity index (χ1) is 13.2. The van der Waals surface area contributed by atoms with E-state index in [1.807, 2.05) is 0 Å². The van der Waals surface area contributed by atoms with E-state index in [2.05, 4.69) is 114 Å². The van der Waals surface area contributed by atoms with Gasteiger partial charge in [0.05, 0.1) is 0 Å². The van der Waals surface area contributed by atoms with Gasteiger partial charge in [0.15, 0.2) is 0 Å². The second-order valence-corrected chi connectivity index (χ2v) is 15.6. The van der Waals surface area contributed by atoms with Crippen molar-refractivity contribution in [3.63, 3.8) is 0 Å². The summed E-state index contributed by atoms with van der Waals surface area (Å²) in [5.74, 6) is 0. The molecule has 28 heavy (non-hydrogen) atoms. The predicted molar refractivity (Wildman–Crippen MR) is 131 cm³/mol. The third kappa shape index (κ3) is 5.03. The van der Waals surface area contributed by atoms with Gasteiger partial charge in [0.1, 0.15) is 0 Å². The van der Waals surface area contributed by atoms with Crippen LogP contribution in [0.3, 0.4) is 0 Å². The van der Waals surface area contributed by atoms with Crippen LogP contribution in [0.15, 0.2) is 83.7 Å². The number of hydrogen-bond acceptors (Lipinski definition) is 0. The van der Waals surface area contributed by atoms with Gasteiger partial charge >= 0.3 is 0 Å². The summed E-state index contributed by atoms with van der Waals surface area (Å²) in [6.45, 7) is 14.6. The molecule has 1 aliphatic carbocycles. The Labute approximate surface area is 174 Å². The molecule has 0 amide bonds. The Morgan fingerprint density at radius 3 is 1.61 bits per heavy atom. The fraction of sp³-hybridized carbons (Fsp3) is 0.385. The molecular formula is C26H34P2. The van der Waals surface area contributed by atoms with E-state index in [1.54, 1.807) is 10.9 Å². The highest BCUT2D eigenvalue weighted by atomic mass is 31.1. The molecule has 2 aromatic carbocycles. The Kier molecular flexibility index (Phi) is 6.64. The molecule has 0 saturated heterocycles. The van der Waals surface area contributed by atoms with Crippen LogP contribution in [-0.2, 0) is 0 Å². The molecule has 0 heterocycles. The molecular weight excluding hydrogens is 374 g/mol. The van der Waals surface area contributed by atoms with Gasteiger partial charge in [0.25, 0.3) is 0 Å². The summed E-state index contributed by atoms with van der Waals surface area (Å²) in [4.78, 5) is 0. The topological polar surface area (TPSA) is 0 Å². The second-order valence-electron chi connectivity index (χ2n) is 9.51. The largest absolute Gasteiger partial charge is 0.0798 e. The molecule has 0 saturated carbocycles. The molecule has 1 aliphatic rings. The van der Waals surface area contributed by atoms with Crippen LogP contribution >= 0.6 is 15.8 Å². The van der Waals surface area contributed by atoms with Crippen molar-refractivity contribution >= 4 is 26.5 Å². The van der Waals surface area contributed by atoms with E-state index in [4.69, 9.17) is 0 Å². The van der Waals surface area contributed by atoms with Gasteiger partial charge in [-0.25, -0.2) is 0 Å². The van der Waals surface area contributed by atoms with Gasteiger partial charge in [-0.3, -0.25) is 0 Å². The lowest BCUT2D eigenvalue weighted by Crippen LogP contribution is -2.26. The van der Waals surface area contributed by atoms with Crippen LogP contribution in [0.1, 0.15) is 48.0 Å². The number of allylic oxidation sites excluding steroid dienone is 4. The first kappa shape index (κ1) is 21.5. The fourth-order valence-electron chi connectivity index (χ4n) is 4.45. The minimum atomic E-state index is -0.384. The van der Waals surface area contributed by atoms with Gasteiger partial charge < -0.3 is 0 Å². The van der Waals surface area contributed by atoms with Crippen LogP contribution in [-0.4, -0.2) is 16.5 Å². The van der Waals surface area contributed by atoms with Crippen molar-refractivity contribution in [3.05, 3.63) is 83.7 Å². The van der Waals surface area contributed by atoms with Crippen LogP contribution in [0, 0.1) is 0 Å². The third-order valence-corrected chi connectivity index (χ3v) is 11.3. The quantitative estimate of drug-likeness (QED) is 0.452. The molecule has 3 rings (SSSR count). The molecule has 0 radical (unpaired) electrons. The van der Waals surface area contributed by atoms with Crippen LogP contribution < -0.4 is 10.6 Å². The van der Waals surface area contributed by atoms with Crippen LogP contribution in [0.25, 0.3) is 0 Å². The zero-order valence-corrected chi connectivity index (χ0v) is 20.0. The minimum absolute atomic E-state index is 0.224. The molecule has 0 spiro atoms. The van der Waals surface area contributed by atoms with Crippen molar-refractivity contribution < 1.29 is 0 Å².